The van der Waals surface area contributed by atoms with Gasteiger partial charge in [-0.2, -0.15) is 0 Å². The van der Waals surface area contributed by atoms with Crippen LogP contribution in [0.3, 0.4) is 0 Å². The Kier molecular flexibility index (Phi) is 13.7. The Balaban J connectivity index is 0. The van der Waals surface area contributed by atoms with Crippen LogP contribution in [0.15, 0.2) is 0 Å². The number of primary amides is 1. The van der Waals surface area contributed by atoms with Crippen molar-refractivity contribution in [1.82, 2.24) is 0 Å². The van der Waals surface area contributed by atoms with Crippen molar-refractivity contribution in [2.24, 2.45) is 5.73 Å². The van der Waals surface area contributed by atoms with Gasteiger partial charge in [0.25, 0.3) is 0 Å². The summed E-state index contributed by atoms with van der Waals surface area (Å²) in [7, 11) is 0. The zero-order chi connectivity index (χ0) is 8.53. The Bertz CT molecular complexity index is 107. The van der Waals surface area contributed by atoms with Gasteiger partial charge in [-0.1, -0.05) is 39.0 Å². The first-order chi connectivity index (χ1) is 5.27. The molecule has 0 saturated heterocycles. The first-order valence-electron chi connectivity index (χ1n) is 4.55. The van der Waals surface area contributed by atoms with E-state index in [1.165, 1.54) is 25.7 Å². The quantitative estimate of drug-likeness (QED) is 0.502. The normalized spacial score (nSPS) is 9.08. The topological polar surface area (TPSA) is 43.1 Å². The standard InChI is InChI=1S/C9H19NO.Ti/c1-2-3-4-5-6-7-8-9(10)11;/h2-8H2,1H3,(H2,10,11);. The van der Waals surface area contributed by atoms with Crippen LogP contribution in [0.2, 0.25) is 0 Å². The zero-order valence-electron chi connectivity index (χ0n) is 7.94. The van der Waals surface area contributed by atoms with Gasteiger partial charge in [0.2, 0.25) is 5.91 Å². The van der Waals surface area contributed by atoms with Crippen molar-refractivity contribution in [1.29, 1.82) is 0 Å². The minimum atomic E-state index is -0.166. The zero-order valence-corrected chi connectivity index (χ0v) is 9.50. The third-order valence-corrected chi connectivity index (χ3v) is 1.78. The number of unbranched alkanes of at least 4 members (excludes halogenated alkanes) is 5. The van der Waals surface area contributed by atoms with Gasteiger partial charge in [0.15, 0.2) is 0 Å². The fourth-order valence-electron chi connectivity index (χ4n) is 1.08. The Morgan fingerprint density at radius 2 is 1.58 bits per heavy atom. The average molecular weight is 205 g/mol. The Morgan fingerprint density at radius 3 is 2.08 bits per heavy atom. The number of hydrogen-bond donors (Lipinski definition) is 1. The van der Waals surface area contributed by atoms with Crippen LogP contribution in [-0.4, -0.2) is 5.91 Å². The average Bonchev–Trinajstić information content (AvgIpc) is 1.96. The van der Waals surface area contributed by atoms with E-state index in [1.807, 2.05) is 0 Å². The van der Waals surface area contributed by atoms with Crippen LogP contribution in [0.5, 0.6) is 0 Å². The first-order valence-corrected chi connectivity index (χ1v) is 4.55. The molecule has 3 heteroatoms. The van der Waals surface area contributed by atoms with Crippen molar-refractivity contribution in [3.8, 4) is 0 Å². The third-order valence-electron chi connectivity index (χ3n) is 1.78. The number of carbonyl (C=O) groups is 1. The van der Waals surface area contributed by atoms with Gasteiger partial charge in [-0.3, -0.25) is 4.79 Å². The fourth-order valence-corrected chi connectivity index (χ4v) is 1.08. The van der Waals surface area contributed by atoms with Crippen LogP contribution >= 0.6 is 0 Å². The van der Waals surface area contributed by atoms with Crippen molar-refractivity contribution < 1.29 is 26.5 Å². The molecule has 0 aliphatic carbocycles. The molecule has 0 heterocycles. The number of nitrogens with two attached hydrogens (primary N) is 1. The van der Waals surface area contributed by atoms with E-state index in [9.17, 15) is 4.79 Å². The van der Waals surface area contributed by atoms with Crippen molar-refractivity contribution in [3.63, 3.8) is 0 Å². The Hall–Kier alpha value is 0.184. The molecule has 70 valence electrons. The van der Waals surface area contributed by atoms with Crippen LogP contribution in [0.25, 0.3) is 0 Å². The molecule has 0 unspecified atom stereocenters. The molecule has 0 aromatic rings. The van der Waals surface area contributed by atoms with E-state index in [0.29, 0.717) is 6.42 Å². The van der Waals surface area contributed by atoms with Crippen LogP contribution < -0.4 is 5.73 Å². The largest absolute Gasteiger partial charge is 0.370 e. The van der Waals surface area contributed by atoms with Crippen LogP contribution in [0.1, 0.15) is 51.9 Å². The van der Waals surface area contributed by atoms with Crippen molar-refractivity contribution in [2.75, 3.05) is 0 Å². The molecule has 1 amide bonds. The second-order valence-corrected chi connectivity index (χ2v) is 2.98. The minimum Gasteiger partial charge on any atom is -0.370 e. The molecule has 12 heavy (non-hydrogen) atoms. The molecule has 0 aromatic carbocycles. The van der Waals surface area contributed by atoms with Gasteiger partial charge in [-0.05, 0) is 6.42 Å². The summed E-state index contributed by atoms with van der Waals surface area (Å²) < 4.78 is 0. The molecular weight excluding hydrogens is 186 g/mol. The number of rotatable bonds is 7. The summed E-state index contributed by atoms with van der Waals surface area (Å²) in [5, 5.41) is 0. The molecule has 0 fully saturated rings. The SMILES string of the molecule is CCCCCCCCC(N)=O.[Ti]. The molecule has 2 N–H and O–H groups in total. The molecule has 2 nitrogen and oxygen atoms in total. The predicted molar refractivity (Wildman–Crippen MR) is 47.2 cm³/mol. The first kappa shape index (κ1) is 14.7. The molecule has 0 saturated carbocycles. The van der Waals surface area contributed by atoms with Gasteiger partial charge in [0, 0.05) is 28.1 Å². The minimum absolute atomic E-state index is 0. The van der Waals surface area contributed by atoms with E-state index in [4.69, 9.17) is 5.73 Å². The van der Waals surface area contributed by atoms with Gasteiger partial charge in [0.05, 0.1) is 0 Å². The second-order valence-electron chi connectivity index (χ2n) is 2.98. The van der Waals surface area contributed by atoms with E-state index >= 15 is 0 Å². The monoisotopic (exact) mass is 205 g/mol. The maximum Gasteiger partial charge on any atom is 0.217 e. The summed E-state index contributed by atoms with van der Waals surface area (Å²) >= 11 is 0. The molecule has 0 rings (SSSR count). The predicted octanol–water partition coefficient (Wildman–Crippen LogP) is 2.22. The summed E-state index contributed by atoms with van der Waals surface area (Å²) in [6.45, 7) is 2.20. The smallest absolute Gasteiger partial charge is 0.217 e. The Labute approximate surface area is 90.2 Å². The Morgan fingerprint density at radius 1 is 1.08 bits per heavy atom. The molecule has 0 aliphatic heterocycles. The van der Waals surface area contributed by atoms with E-state index in [-0.39, 0.29) is 27.6 Å². The fraction of sp³-hybridized carbons (Fsp3) is 0.889. The van der Waals surface area contributed by atoms with Crippen LogP contribution in [0, 0.1) is 0 Å². The molecule has 0 bridgehead atoms. The van der Waals surface area contributed by atoms with E-state index < -0.39 is 0 Å². The van der Waals surface area contributed by atoms with E-state index in [0.717, 1.165) is 12.8 Å². The number of amides is 1. The van der Waals surface area contributed by atoms with Gasteiger partial charge in [0.1, 0.15) is 0 Å². The second kappa shape index (κ2) is 11.2. The molecular formula is C9H19NOTi. The van der Waals surface area contributed by atoms with E-state index in [1.54, 1.807) is 0 Å². The summed E-state index contributed by atoms with van der Waals surface area (Å²) in [6, 6.07) is 0. The summed E-state index contributed by atoms with van der Waals surface area (Å²) in [5.41, 5.74) is 4.99. The van der Waals surface area contributed by atoms with Crippen LogP contribution in [0.4, 0.5) is 0 Å². The van der Waals surface area contributed by atoms with Crippen molar-refractivity contribution in [2.45, 2.75) is 51.9 Å². The number of hydrogen-bond acceptors (Lipinski definition) is 1. The third kappa shape index (κ3) is 12.8. The molecule has 0 aliphatic rings. The summed E-state index contributed by atoms with van der Waals surface area (Å²) in [4.78, 5) is 10.3. The number of carbonyl (C=O) groups excluding carboxylic acids is 1. The van der Waals surface area contributed by atoms with Gasteiger partial charge in [-0.25, -0.2) is 0 Å². The van der Waals surface area contributed by atoms with Crippen molar-refractivity contribution in [3.05, 3.63) is 0 Å². The molecule has 0 atom stereocenters. The summed E-state index contributed by atoms with van der Waals surface area (Å²) in [5.74, 6) is -0.166. The maximum absolute atomic E-state index is 10.3. The molecule has 0 aromatic heterocycles. The van der Waals surface area contributed by atoms with Gasteiger partial charge >= 0.3 is 0 Å². The summed E-state index contributed by atoms with van der Waals surface area (Å²) in [6.07, 6.45) is 7.83. The van der Waals surface area contributed by atoms with E-state index in [2.05, 4.69) is 6.92 Å². The van der Waals surface area contributed by atoms with Crippen molar-refractivity contribution >= 4 is 5.91 Å². The van der Waals surface area contributed by atoms with Crippen LogP contribution in [-0.2, 0) is 26.5 Å². The van der Waals surface area contributed by atoms with Gasteiger partial charge in [-0.15, -0.1) is 0 Å². The molecule has 0 spiro atoms. The maximum atomic E-state index is 10.3. The molecule has 0 radical (unpaired) electrons. The van der Waals surface area contributed by atoms with Gasteiger partial charge < -0.3 is 5.73 Å².